The number of hydrogen-bond acceptors (Lipinski definition) is 4. The van der Waals surface area contributed by atoms with Gasteiger partial charge in [-0.05, 0) is 61.9 Å². The van der Waals surface area contributed by atoms with Crippen molar-refractivity contribution in [1.29, 1.82) is 0 Å². The van der Waals surface area contributed by atoms with Crippen LogP contribution in [-0.2, 0) is 17.8 Å². The van der Waals surface area contributed by atoms with Crippen LogP contribution in [0.3, 0.4) is 0 Å². The van der Waals surface area contributed by atoms with Gasteiger partial charge in [-0.3, -0.25) is 9.78 Å². The first-order chi connectivity index (χ1) is 15.7. The molecule has 1 fully saturated rings. The average Bonchev–Trinajstić information content (AvgIpc) is 2.84. The lowest BCUT2D eigenvalue weighted by atomic mass is 9.90. The number of rotatable bonds is 8. The molecule has 0 spiro atoms. The van der Waals surface area contributed by atoms with E-state index >= 15 is 0 Å². The lowest BCUT2D eigenvalue weighted by molar-refractivity contribution is -0.133. The molecule has 2 aromatic carbocycles. The van der Waals surface area contributed by atoms with Crippen LogP contribution < -0.4 is 10.1 Å². The van der Waals surface area contributed by atoms with E-state index in [9.17, 15) is 4.79 Å². The Kier molecular flexibility index (Phi) is 7.38. The fourth-order valence-electron chi connectivity index (χ4n) is 4.21. The number of carbonyl (C=O) groups excluding carboxylic acids is 1. The van der Waals surface area contributed by atoms with Gasteiger partial charge in [0.05, 0.1) is 5.69 Å². The highest BCUT2D eigenvalue weighted by Crippen LogP contribution is 2.23. The van der Waals surface area contributed by atoms with E-state index in [1.54, 1.807) is 6.20 Å². The Balaban J connectivity index is 1.25. The number of amides is 1. The summed E-state index contributed by atoms with van der Waals surface area (Å²) in [6.45, 7) is 4.00. The van der Waals surface area contributed by atoms with Crippen LogP contribution in [0.15, 0.2) is 79.0 Å². The minimum atomic E-state index is -0.285. The predicted molar refractivity (Wildman–Crippen MR) is 128 cm³/mol. The van der Waals surface area contributed by atoms with Crippen molar-refractivity contribution in [2.45, 2.75) is 38.8 Å². The minimum absolute atomic E-state index is 0.156. The van der Waals surface area contributed by atoms with Gasteiger partial charge < -0.3 is 15.0 Å². The summed E-state index contributed by atoms with van der Waals surface area (Å²) in [6, 6.07) is 23.9. The van der Waals surface area contributed by atoms with Crippen molar-refractivity contribution in [2.75, 3.05) is 18.4 Å². The van der Waals surface area contributed by atoms with Crippen LogP contribution in [0.1, 0.15) is 31.0 Å². The van der Waals surface area contributed by atoms with E-state index in [0.717, 1.165) is 49.5 Å². The molecule has 3 aromatic rings. The number of carbonyl (C=O) groups is 1. The number of nitrogens with one attached hydrogen (secondary N) is 1. The number of likely N-dealkylation sites (tertiary alicyclic amines) is 1. The molecule has 1 atom stereocenters. The number of anilines is 1. The number of nitrogens with zero attached hydrogens (tertiary/aromatic N) is 2. The van der Waals surface area contributed by atoms with E-state index in [1.165, 1.54) is 5.56 Å². The topological polar surface area (TPSA) is 54.5 Å². The highest BCUT2D eigenvalue weighted by atomic mass is 16.5. The second-order valence-electron chi connectivity index (χ2n) is 8.46. The SMILES string of the molecule is CC(Nc1cccc(OCc2ccccn2)c1)C(=O)N1CCC(Cc2ccccc2)CC1. The van der Waals surface area contributed by atoms with Crippen molar-refractivity contribution >= 4 is 11.6 Å². The van der Waals surface area contributed by atoms with Gasteiger partial charge in [-0.1, -0.05) is 42.5 Å². The van der Waals surface area contributed by atoms with Crippen molar-refractivity contribution in [1.82, 2.24) is 9.88 Å². The number of pyridine rings is 1. The molecule has 1 aliphatic heterocycles. The van der Waals surface area contributed by atoms with Crippen LogP contribution in [0.25, 0.3) is 0 Å². The number of aromatic nitrogens is 1. The third-order valence-corrected chi connectivity index (χ3v) is 5.99. The smallest absolute Gasteiger partial charge is 0.244 e. The van der Waals surface area contributed by atoms with Crippen LogP contribution in [0.5, 0.6) is 5.75 Å². The van der Waals surface area contributed by atoms with Crippen LogP contribution in [0.2, 0.25) is 0 Å². The average molecular weight is 430 g/mol. The normalized spacial score (nSPS) is 15.2. The predicted octanol–water partition coefficient (Wildman–Crippen LogP) is 4.94. The molecule has 0 radical (unpaired) electrons. The molecule has 2 heterocycles. The van der Waals surface area contributed by atoms with Crippen LogP contribution in [-0.4, -0.2) is 34.9 Å². The van der Waals surface area contributed by atoms with Crippen molar-refractivity contribution in [3.63, 3.8) is 0 Å². The molecule has 0 aliphatic carbocycles. The van der Waals surface area contributed by atoms with Crippen LogP contribution in [0, 0.1) is 5.92 Å². The van der Waals surface area contributed by atoms with Crippen LogP contribution in [0.4, 0.5) is 5.69 Å². The molecule has 0 saturated carbocycles. The molecule has 1 amide bonds. The highest BCUT2D eigenvalue weighted by molar-refractivity contribution is 5.84. The maximum Gasteiger partial charge on any atom is 0.244 e. The van der Waals surface area contributed by atoms with E-state index in [4.69, 9.17) is 4.74 Å². The summed E-state index contributed by atoms with van der Waals surface area (Å²) in [5.41, 5.74) is 3.14. The minimum Gasteiger partial charge on any atom is -0.487 e. The van der Waals surface area contributed by atoms with Gasteiger partial charge in [0.25, 0.3) is 0 Å². The summed E-state index contributed by atoms with van der Waals surface area (Å²) in [4.78, 5) is 19.3. The molecule has 1 saturated heterocycles. The summed E-state index contributed by atoms with van der Waals surface area (Å²) in [7, 11) is 0. The van der Waals surface area contributed by atoms with Gasteiger partial charge in [0.15, 0.2) is 0 Å². The molecule has 0 bridgehead atoms. The van der Waals surface area contributed by atoms with E-state index in [1.807, 2.05) is 54.3 Å². The quantitative estimate of drug-likeness (QED) is 0.551. The third-order valence-electron chi connectivity index (χ3n) is 5.99. The Morgan fingerprint density at radius 2 is 1.84 bits per heavy atom. The molecule has 1 aliphatic rings. The van der Waals surface area contributed by atoms with Gasteiger partial charge in [0.1, 0.15) is 18.4 Å². The van der Waals surface area contributed by atoms with Gasteiger partial charge >= 0.3 is 0 Å². The lowest BCUT2D eigenvalue weighted by Crippen LogP contribution is -2.45. The number of hydrogen-bond donors (Lipinski definition) is 1. The highest BCUT2D eigenvalue weighted by Gasteiger charge is 2.26. The maximum atomic E-state index is 13.0. The second-order valence-corrected chi connectivity index (χ2v) is 8.46. The van der Waals surface area contributed by atoms with E-state index < -0.39 is 0 Å². The maximum absolute atomic E-state index is 13.0. The summed E-state index contributed by atoms with van der Waals surface area (Å²) < 4.78 is 5.85. The summed E-state index contributed by atoms with van der Waals surface area (Å²) in [5, 5.41) is 3.34. The Morgan fingerprint density at radius 3 is 2.59 bits per heavy atom. The first-order valence-corrected chi connectivity index (χ1v) is 11.4. The number of benzene rings is 2. The monoisotopic (exact) mass is 429 g/mol. The lowest BCUT2D eigenvalue weighted by Gasteiger charge is -2.34. The van der Waals surface area contributed by atoms with Crippen molar-refractivity contribution in [2.24, 2.45) is 5.92 Å². The van der Waals surface area contributed by atoms with Crippen molar-refractivity contribution in [3.8, 4) is 5.75 Å². The van der Waals surface area contributed by atoms with Gasteiger partial charge in [-0.15, -0.1) is 0 Å². The number of piperidine rings is 1. The summed E-state index contributed by atoms with van der Waals surface area (Å²) >= 11 is 0. The first kappa shape index (κ1) is 21.9. The Labute approximate surface area is 190 Å². The summed E-state index contributed by atoms with van der Waals surface area (Å²) in [5.74, 6) is 1.56. The molecule has 166 valence electrons. The van der Waals surface area contributed by atoms with E-state index in [0.29, 0.717) is 12.5 Å². The Morgan fingerprint density at radius 1 is 1.06 bits per heavy atom. The molecule has 1 aromatic heterocycles. The standard InChI is InChI=1S/C27H31N3O2/c1-21(27(31)30-16-13-23(14-17-30)18-22-8-3-2-4-9-22)29-24-11-7-12-26(19-24)32-20-25-10-5-6-15-28-25/h2-12,15,19,21,23,29H,13-14,16-18,20H2,1H3. The largest absolute Gasteiger partial charge is 0.487 e. The fourth-order valence-corrected chi connectivity index (χ4v) is 4.21. The number of ether oxygens (including phenoxy) is 1. The van der Waals surface area contributed by atoms with E-state index in [-0.39, 0.29) is 11.9 Å². The van der Waals surface area contributed by atoms with E-state index in [2.05, 4.69) is 40.6 Å². The zero-order chi connectivity index (χ0) is 22.2. The molecule has 1 N–H and O–H groups in total. The summed E-state index contributed by atoms with van der Waals surface area (Å²) in [6.07, 6.45) is 4.98. The molecular formula is C27H31N3O2. The van der Waals surface area contributed by atoms with Crippen molar-refractivity contribution in [3.05, 3.63) is 90.3 Å². The second kappa shape index (κ2) is 10.8. The van der Waals surface area contributed by atoms with Gasteiger partial charge in [0.2, 0.25) is 5.91 Å². The van der Waals surface area contributed by atoms with Gasteiger partial charge in [0, 0.05) is 31.0 Å². The van der Waals surface area contributed by atoms with Gasteiger partial charge in [-0.2, -0.15) is 0 Å². The Bertz CT molecular complexity index is 986. The third kappa shape index (κ3) is 6.10. The molecular weight excluding hydrogens is 398 g/mol. The van der Waals surface area contributed by atoms with Crippen molar-refractivity contribution < 1.29 is 9.53 Å². The zero-order valence-electron chi connectivity index (χ0n) is 18.6. The Hall–Kier alpha value is -3.34. The van der Waals surface area contributed by atoms with Gasteiger partial charge in [-0.25, -0.2) is 0 Å². The fraction of sp³-hybridized carbons (Fsp3) is 0.333. The molecule has 1 unspecified atom stereocenters. The zero-order valence-corrected chi connectivity index (χ0v) is 18.6. The molecule has 32 heavy (non-hydrogen) atoms. The van der Waals surface area contributed by atoms with Crippen LogP contribution >= 0.6 is 0 Å². The molecule has 4 rings (SSSR count). The molecule has 5 nitrogen and oxygen atoms in total. The first-order valence-electron chi connectivity index (χ1n) is 11.4. The molecule has 5 heteroatoms.